The summed E-state index contributed by atoms with van der Waals surface area (Å²) in [5, 5.41) is 4.18. The summed E-state index contributed by atoms with van der Waals surface area (Å²) in [7, 11) is 1.87. The van der Waals surface area contributed by atoms with Crippen molar-refractivity contribution in [3.8, 4) is 11.3 Å². The van der Waals surface area contributed by atoms with Crippen LogP contribution in [0, 0.1) is 0 Å². The molecule has 0 spiro atoms. The van der Waals surface area contributed by atoms with E-state index in [0.29, 0.717) is 25.9 Å². The van der Waals surface area contributed by atoms with Gasteiger partial charge in [-0.05, 0) is 6.42 Å². The lowest BCUT2D eigenvalue weighted by molar-refractivity contribution is 0.210. The Kier molecular flexibility index (Phi) is 3.09. The van der Waals surface area contributed by atoms with E-state index in [1.807, 2.05) is 13.2 Å². The molecule has 0 saturated heterocycles. The SMILES string of the molecule is Cn1cc(-c2ncnc3c2CCN(C(N)=O)CC3)cn1. The van der Waals surface area contributed by atoms with Crippen molar-refractivity contribution in [2.45, 2.75) is 12.8 Å². The fourth-order valence-electron chi connectivity index (χ4n) is 2.54. The van der Waals surface area contributed by atoms with Crippen molar-refractivity contribution in [1.29, 1.82) is 0 Å². The summed E-state index contributed by atoms with van der Waals surface area (Å²) in [6, 6.07) is -0.381. The number of amides is 2. The molecule has 0 atom stereocenters. The summed E-state index contributed by atoms with van der Waals surface area (Å²) in [4.78, 5) is 21.7. The van der Waals surface area contributed by atoms with Crippen LogP contribution in [0.3, 0.4) is 0 Å². The van der Waals surface area contributed by atoms with E-state index in [9.17, 15) is 4.79 Å². The van der Waals surface area contributed by atoms with Crippen LogP contribution in [-0.2, 0) is 19.9 Å². The minimum atomic E-state index is -0.381. The number of rotatable bonds is 1. The Balaban J connectivity index is 1.99. The molecule has 2 aromatic heterocycles. The number of aromatic nitrogens is 4. The number of carbonyl (C=O) groups is 1. The third kappa shape index (κ3) is 2.22. The molecule has 3 rings (SSSR count). The van der Waals surface area contributed by atoms with Gasteiger partial charge in [0.1, 0.15) is 6.33 Å². The Bertz CT molecular complexity index is 650. The van der Waals surface area contributed by atoms with Crippen LogP contribution in [0.25, 0.3) is 11.3 Å². The van der Waals surface area contributed by atoms with Gasteiger partial charge in [0.2, 0.25) is 0 Å². The van der Waals surface area contributed by atoms with Gasteiger partial charge in [-0.15, -0.1) is 0 Å². The normalized spacial score (nSPS) is 14.8. The van der Waals surface area contributed by atoms with Crippen LogP contribution in [-0.4, -0.2) is 43.8 Å². The zero-order valence-electron chi connectivity index (χ0n) is 11.3. The van der Waals surface area contributed by atoms with Gasteiger partial charge in [-0.3, -0.25) is 4.68 Å². The van der Waals surface area contributed by atoms with Crippen molar-refractivity contribution in [3.05, 3.63) is 30.0 Å². The summed E-state index contributed by atoms with van der Waals surface area (Å²) in [6.07, 6.45) is 6.71. The second-order valence-electron chi connectivity index (χ2n) is 4.88. The average Bonchev–Trinajstić information content (AvgIpc) is 2.73. The van der Waals surface area contributed by atoms with Crippen LogP contribution >= 0.6 is 0 Å². The van der Waals surface area contributed by atoms with Gasteiger partial charge in [0.05, 0.1) is 11.9 Å². The van der Waals surface area contributed by atoms with Gasteiger partial charge in [-0.2, -0.15) is 5.10 Å². The first kappa shape index (κ1) is 12.6. The third-order valence-electron chi connectivity index (χ3n) is 3.57. The molecule has 0 radical (unpaired) electrons. The van der Waals surface area contributed by atoms with Crippen LogP contribution in [0.1, 0.15) is 11.3 Å². The highest BCUT2D eigenvalue weighted by atomic mass is 16.2. The first-order valence-corrected chi connectivity index (χ1v) is 6.51. The van der Waals surface area contributed by atoms with Gasteiger partial charge < -0.3 is 10.6 Å². The number of aryl methyl sites for hydroxylation is 1. The summed E-state index contributed by atoms with van der Waals surface area (Å²) in [5.41, 5.74) is 9.31. The van der Waals surface area contributed by atoms with E-state index in [4.69, 9.17) is 5.73 Å². The topological polar surface area (TPSA) is 89.9 Å². The molecule has 2 N–H and O–H groups in total. The molecule has 1 aliphatic rings. The number of hydrogen-bond donors (Lipinski definition) is 1. The Hall–Kier alpha value is -2.44. The van der Waals surface area contributed by atoms with Gasteiger partial charge in [0.15, 0.2) is 0 Å². The van der Waals surface area contributed by atoms with Crippen LogP contribution in [0.15, 0.2) is 18.7 Å². The summed E-state index contributed by atoms with van der Waals surface area (Å²) < 4.78 is 1.75. The highest BCUT2D eigenvalue weighted by Gasteiger charge is 2.21. The Morgan fingerprint density at radius 1 is 1.30 bits per heavy atom. The lowest BCUT2D eigenvalue weighted by Crippen LogP contribution is -2.37. The maximum atomic E-state index is 11.3. The van der Waals surface area contributed by atoms with Crippen LogP contribution in [0.2, 0.25) is 0 Å². The summed E-state index contributed by atoms with van der Waals surface area (Å²) >= 11 is 0. The van der Waals surface area contributed by atoms with Crippen molar-refractivity contribution in [2.24, 2.45) is 12.8 Å². The maximum absolute atomic E-state index is 11.3. The second-order valence-corrected chi connectivity index (χ2v) is 4.88. The van der Waals surface area contributed by atoms with Gasteiger partial charge in [0, 0.05) is 49.6 Å². The fourth-order valence-corrected chi connectivity index (χ4v) is 2.54. The van der Waals surface area contributed by atoms with E-state index < -0.39 is 0 Å². The molecular weight excluding hydrogens is 256 g/mol. The molecule has 0 bridgehead atoms. The Labute approximate surface area is 116 Å². The van der Waals surface area contributed by atoms with Gasteiger partial charge in [-0.25, -0.2) is 14.8 Å². The van der Waals surface area contributed by atoms with Crippen molar-refractivity contribution in [1.82, 2.24) is 24.6 Å². The lowest BCUT2D eigenvalue weighted by Gasteiger charge is -2.16. The molecule has 3 heterocycles. The average molecular weight is 272 g/mol. The van der Waals surface area contributed by atoms with Crippen LogP contribution in [0.5, 0.6) is 0 Å². The van der Waals surface area contributed by atoms with E-state index in [1.54, 1.807) is 22.1 Å². The predicted molar refractivity (Wildman–Crippen MR) is 72.8 cm³/mol. The molecule has 1 aliphatic heterocycles. The molecule has 2 aromatic rings. The lowest BCUT2D eigenvalue weighted by atomic mass is 10.0. The third-order valence-corrected chi connectivity index (χ3v) is 3.57. The second kappa shape index (κ2) is 4.92. The van der Waals surface area contributed by atoms with E-state index in [0.717, 1.165) is 22.5 Å². The first-order chi connectivity index (χ1) is 9.65. The quantitative estimate of drug-likeness (QED) is 0.811. The van der Waals surface area contributed by atoms with Crippen LogP contribution < -0.4 is 5.73 Å². The summed E-state index contributed by atoms with van der Waals surface area (Å²) in [6.45, 7) is 1.20. The number of nitrogens with two attached hydrogens (primary N) is 1. The Morgan fingerprint density at radius 2 is 2.10 bits per heavy atom. The maximum Gasteiger partial charge on any atom is 0.314 e. The number of urea groups is 1. The molecule has 2 amide bonds. The molecular formula is C13H16N6O. The molecule has 104 valence electrons. The van der Waals surface area contributed by atoms with Gasteiger partial charge >= 0.3 is 6.03 Å². The number of primary amides is 1. The fraction of sp³-hybridized carbons (Fsp3) is 0.385. The predicted octanol–water partition coefficient (Wildman–Crippen LogP) is 0.356. The van der Waals surface area contributed by atoms with Crippen molar-refractivity contribution in [2.75, 3.05) is 13.1 Å². The zero-order chi connectivity index (χ0) is 14.1. The molecule has 0 saturated carbocycles. The van der Waals surface area contributed by atoms with E-state index in [-0.39, 0.29) is 6.03 Å². The molecule has 7 heteroatoms. The number of carbonyl (C=O) groups excluding carboxylic acids is 1. The highest BCUT2D eigenvalue weighted by Crippen LogP contribution is 2.25. The standard InChI is InChI=1S/C13H16N6O/c1-18-7-9(6-17-18)12-10-2-4-19(13(14)20)5-3-11(10)15-8-16-12/h6-8H,2-5H2,1H3,(H2,14,20). The largest absolute Gasteiger partial charge is 0.351 e. The molecule has 0 aromatic carbocycles. The van der Waals surface area contributed by atoms with Crippen LogP contribution in [0.4, 0.5) is 4.79 Å². The van der Waals surface area contributed by atoms with E-state index in [1.165, 1.54) is 0 Å². The number of nitrogens with zero attached hydrogens (tertiary/aromatic N) is 5. The molecule has 7 nitrogen and oxygen atoms in total. The van der Waals surface area contributed by atoms with Crippen molar-refractivity contribution in [3.63, 3.8) is 0 Å². The first-order valence-electron chi connectivity index (χ1n) is 6.51. The number of fused-ring (bicyclic) bond motifs is 1. The highest BCUT2D eigenvalue weighted by molar-refractivity contribution is 5.72. The minimum absolute atomic E-state index is 0.381. The monoisotopic (exact) mass is 272 g/mol. The Morgan fingerprint density at radius 3 is 2.80 bits per heavy atom. The van der Waals surface area contributed by atoms with Gasteiger partial charge in [-0.1, -0.05) is 0 Å². The smallest absolute Gasteiger partial charge is 0.314 e. The zero-order valence-corrected chi connectivity index (χ0v) is 11.3. The van der Waals surface area contributed by atoms with E-state index >= 15 is 0 Å². The molecule has 0 aliphatic carbocycles. The summed E-state index contributed by atoms with van der Waals surface area (Å²) in [5.74, 6) is 0. The minimum Gasteiger partial charge on any atom is -0.351 e. The molecule has 20 heavy (non-hydrogen) atoms. The van der Waals surface area contributed by atoms with Crippen molar-refractivity contribution >= 4 is 6.03 Å². The van der Waals surface area contributed by atoms with Crippen molar-refractivity contribution < 1.29 is 4.79 Å². The number of hydrogen-bond acceptors (Lipinski definition) is 4. The van der Waals surface area contributed by atoms with Gasteiger partial charge in [0.25, 0.3) is 0 Å². The molecule has 0 fully saturated rings. The van der Waals surface area contributed by atoms with E-state index in [2.05, 4.69) is 15.1 Å². The molecule has 0 unspecified atom stereocenters.